The van der Waals surface area contributed by atoms with E-state index in [0.29, 0.717) is 36.0 Å². The van der Waals surface area contributed by atoms with Gasteiger partial charge in [0, 0.05) is 36.2 Å². The molecule has 2 aromatic heterocycles. The Labute approximate surface area is 192 Å². The average Bonchev–Trinajstić information content (AvgIpc) is 3.48. The molecule has 2 aliphatic rings. The molecular weight excluding hydrogens is 487 g/mol. The Kier molecular flexibility index (Phi) is 6.94. The maximum atomic E-state index is 15.2. The lowest BCUT2D eigenvalue weighted by Crippen LogP contribution is -2.55. The Morgan fingerprint density at radius 3 is 2.71 bits per heavy atom. The van der Waals surface area contributed by atoms with Crippen molar-refractivity contribution in [2.45, 2.75) is 48.4 Å². The van der Waals surface area contributed by atoms with Gasteiger partial charge in [-0.15, -0.1) is 11.3 Å². The standard InChI is InChI=1S/C18H22ClFN4O4S3/c19-13-6-5-11(30-13)10-29-17-14(20)15(21-22-17)12-4-3-9-24(16(12)18(25)26)31(27,28)23-7-1-2-8-23/h5-6,12,16H,1-4,7-10H2,(H,21,22)(H,25,26). The van der Waals surface area contributed by atoms with E-state index in [9.17, 15) is 18.3 Å². The largest absolute Gasteiger partial charge is 0.480 e. The van der Waals surface area contributed by atoms with Crippen molar-refractivity contribution in [1.82, 2.24) is 18.8 Å². The lowest BCUT2D eigenvalue weighted by atomic mass is 9.88. The highest BCUT2D eigenvalue weighted by Crippen LogP contribution is 2.38. The molecule has 0 spiro atoms. The van der Waals surface area contributed by atoms with Crippen LogP contribution in [0.15, 0.2) is 17.2 Å². The number of hydrogen-bond donors (Lipinski definition) is 2. The van der Waals surface area contributed by atoms with Gasteiger partial charge in [-0.1, -0.05) is 23.4 Å². The summed E-state index contributed by atoms with van der Waals surface area (Å²) in [6.45, 7) is 0.847. The normalized spacial score (nSPS) is 23.4. The van der Waals surface area contributed by atoms with Crippen LogP contribution in [0.25, 0.3) is 0 Å². The summed E-state index contributed by atoms with van der Waals surface area (Å²) in [4.78, 5) is 13.1. The van der Waals surface area contributed by atoms with Gasteiger partial charge in [0.2, 0.25) is 0 Å². The van der Waals surface area contributed by atoms with Gasteiger partial charge in [-0.25, -0.2) is 4.39 Å². The fraction of sp³-hybridized carbons (Fsp3) is 0.556. The van der Waals surface area contributed by atoms with Gasteiger partial charge in [0.15, 0.2) is 5.82 Å². The molecule has 170 valence electrons. The van der Waals surface area contributed by atoms with Crippen LogP contribution in [-0.4, -0.2) is 64.0 Å². The van der Waals surface area contributed by atoms with Crippen LogP contribution in [0.1, 0.15) is 42.2 Å². The molecule has 0 bridgehead atoms. The third kappa shape index (κ3) is 4.64. The van der Waals surface area contributed by atoms with Crippen LogP contribution in [0.3, 0.4) is 0 Å². The lowest BCUT2D eigenvalue weighted by Gasteiger charge is -2.38. The zero-order valence-electron chi connectivity index (χ0n) is 16.5. The molecule has 0 aromatic carbocycles. The highest BCUT2D eigenvalue weighted by atomic mass is 35.5. The first-order chi connectivity index (χ1) is 14.8. The molecule has 2 aromatic rings. The van der Waals surface area contributed by atoms with Gasteiger partial charge in [-0.2, -0.15) is 22.1 Å². The minimum atomic E-state index is -3.94. The van der Waals surface area contributed by atoms with E-state index in [-0.39, 0.29) is 17.3 Å². The molecule has 8 nitrogen and oxygen atoms in total. The highest BCUT2D eigenvalue weighted by Gasteiger charge is 2.47. The van der Waals surface area contributed by atoms with Gasteiger partial charge in [-0.05, 0) is 37.8 Å². The van der Waals surface area contributed by atoms with Gasteiger partial charge in [0.25, 0.3) is 10.2 Å². The molecule has 2 saturated heterocycles. The SMILES string of the molecule is O=C(O)C1C(c2n[nH]c(SCc3ccc(Cl)s3)c2F)CCCN1S(=O)(=O)N1CCCC1. The Morgan fingerprint density at radius 2 is 2.06 bits per heavy atom. The number of halogens is 2. The number of thioether (sulfide) groups is 1. The summed E-state index contributed by atoms with van der Waals surface area (Å²) < 4.78 is 44.3. The Balaban J connectivity index is 1.57. The molecule has 2 fully saturated rings. The summed E-state index contributed by atoms with van der Waals surface area (Å²) in [7, 11) is -3.94. The summed E-state index contributed by atoms with van der Waals surface area (Å²) in [6.07, 6.45) is 2.27. The molecule has 2 aliphatic heterocycles. The molecule has 31 heavy (non-hydrogen) atoms. The fourth-order valence-corrected chi connectivity index (χ4v) is 8.03. The van der Waals surface area contributed by atoms with E-state index in [1.165, 1.54) is 27.4 Å². The summed E-state index contributed by atoms with van der Waals surface area (Å²) in [5.41, 5.74) is -0.0274. The number of hydrogen-bond acceptors (Lipinski definition) is 6. The Morgan fingerprint density at radius 1 is 1.32 bits per heavy atom. The molecule has 2 unspecified atom stereocenters. The van der Waals surface area contributed by atoms with Gasteiger partial charge in [-0.3, -0.25) is 9.89 Å². The summed E-state index contributed by atoms with van der Waals surface area (Å²) in [6, 6.07) is 2.23. The molecule has 0 saturated carbocycles. The molecular formula is C18H22ClFN4O4S3. The van der Waals surface area contributed by atoms with E-state index >= 15 is 4.39 Å². The Bertz CT molecular complexity index is 1050. The zero-order chi connectivity index (χ0) is 22.2. The summed E-state index contributed by atoms with van der Waals surface area (Å²) >= 11 is 8.53. The fourth-order valence-electron chi connectivity index (χ4n) is 4.11. The third-order valence-electron chi connectivity index (χ3n) is 5.57. The van der Waals surface area contributed by atoms with Crippen LogP contribution < -0.4 is 0 Å². The van der Waals surface area contributed by atoms with E-state index in [2.05, 4.69) is 10.2 Å². The van der Waals surface area contributed by atoms with E-state index < -0.39 is 34.0 Å². The van der Waals surface area contributed by atoms with Gasteiger partial charge >= 0.3 is 5.97 Å². The molecule has 4 rings (SSSR count). The maximum absolute atomic E-state index is 15.2. The number of carboxylic acids is 1. The number of aromatic amines is 1. The first kappa shape index (κ1) is 23.0. The number of aromatic nitrogens is 2. The smallest absolute Gasteiger partial charge is 0.322 e. The molecule has 0 aliphatic carbocycles. The van der Waals surface area contributed by atoms with Crippen molar-refractivity contribution >= 4 is 50.9 Å². The number of thiophene rings is 1. The van der Waals surface area contributed by atoms with Crippen LogP contribution in [0.4, 0.5) is 4.39 Å². The van der Waals surface area contributed by atoms with Crippen LogP contribution in [0.5, 0.6) is 0 Å². The number of piperidine rings is 1. The minimum Gasteiger partial charge on any atom is -0.480 e. The Hall–Kier alpha value is -1.18. The van der Waals surface area contributed by atoms with Crippen LogP contribution in [0.2, 0.25) is 4.34 Å². The number of nitrogens with one attached hydrogen (secondary N) is 1. The predicted molar refractivity (Wildman–Crippen MR) is 117 cm³/mol. The number of aliphatic carboxylic acids is 1. The van der Waals surface area contributed by atoms with Gasteiger partial charge < -0.3 is 5.11 Å². The second kappa shape index (κ2) is 9.36. The quantitative estimate of drug-likeness (QED) is 0.554. The van der Waals surface area contributed by atoms with E-state index in [4.69, 9.17) is 11.6 Å². The summed E-state index contributed by atoms with van der Waals surface area (Å²) in [5.74, 6) is -2.30. The maximum Gasteiger partial charge on any atom is 0.322 e. The third-order valence-corrected chi connectivity index (χ3v) is 10.0. The molecule has 0 amide bonds. The van der Waals surface area contributed by atoms with E-state index in [0.717, 1.165) is 22.0 Å². The van der Waals surface area contributed by atoms with E-state index in [1.54, 1.807) is 6.07 Å². The molecule has 2 atom stereocenters. The topological polar surface area (TPSA) is 107 Å². The predicted octanol–water partition coefficient (Wildman–Crippen LogP) is 3.53. The number of H-pyrrole nitrogens is 1. The average molecular weight is 509 g/mol. The number of carbonyl (C=O) groups is 1. The molecule has 0 radical (unpaired) electrons. The minimum absolute atomic E-state index is 0.0274. The second-order valence-electron chi connectivity index (χ2n) is 7.50. The lowest BCUT2D eigenvalue weighted by molar-refractivity contribution is -0.143. The van der Waals surface area contributed by atoms with Crippen molar-refractivity contribution in [2.24, 2.45) is 0 Å². The van der Waals surface area contributed by atoms with Crippen LogP contribution in [-0.2, 0) is 20.8 Å². The molecule has 13 heteroatoms. The first-order valence-electron chi connectivity index (χ1n) is 9.89. The molecule has 2 N–H and O–H groups in total. The van der Waals surface area contributed by atoms with Gasteiger partial charge in [0.1, 0.15) is 16.8 Å². The van der Waals surface area contributed by atoms with Crippen LogP contribution >= 0.6 is 34.7 Å². The van der Waals surface area contributed by atoms with Crippen molar-refractivity contribution in [3.05, 3.63) is 32.9 Å². The van der Waals surface area contributed by atoms with Crippen molar-refractivity contribution in [1.29, 1.82) is 0 Å². The monoisotopic (exact) mass is 508 g/mol. The number of rotatable bonds is 7. The second-order valence-corrected chi connectivity index (χ2v) is 12.2. The highest BCUT2D eigenvalue weighted by molar-refractivity contribution is 7.98. The molecule has 4 heterocycles. The van der Waals surface area contributed by atoms with Crippen molar-refractivity contribution in [2.75, 3.05) is 19.6 Å². The number of carboxylic acid groups (broad SMARTS) is 1. The van der Waals surface area contributed by atoms with Crippen molar-refractivity contribution in [3.63, 3.8) is 0 Å². The number of nitrogens with zero attached hydrogens (tertiary/aromatic N) is 3. The van der Waals surface area contributed by atoms with Crippen LogP contribution in [0, 0.1) is 5.82 Å². The van der Waals surface area contributed by atoms with E-state index in [1.807, 2.05) is 6.07 Å². The van der Waals surface area contributed by atoms with Crippen molar-refractivity contribution < 1.29 is 22.7 Å². The van der Waals surface area contributed by atoms with Gasteiger partial charge in [0.05, 0.1) is 4.34 Å². The van der Waals surface area contributed by atoms with Crippen molar-refractivity contribution in [3.8, 4) is 0 Å². The zero-order valence-corrected chi connectivity index (χ0v) is 19.7. The first-order valence-corrected chi connectivity index (χ1v) is 13.5. The summed E-state index contributed by atoms with van der Waals surface area (Å²) in [5, 5.41) is 16.8.